The predicted octanol–water partition coefficient (Wildman–Crippen LogP) is 5.95. The Balaban J connectivity index is 1.45. The van der Waals surface area contributed by atoms with Crippen molar-refractivity contribution < 1.29 is 14.3 Å². The van der Waals surface area contributed by atoms with Crippen molar-refractivity contribution in [3.8, 4) is 11.5 Å². The number of rotatable bonds is 10. The van der Waals surface area contributed by atoms with Gasteiger partial charge in [-0.25, -0.2) is 4.79 Å². The number of methoxy groups -OCH3 is 1. The van der Waals surface area contributed by atoms with Crippen LogP contribution in [0.15, 0.2) is 103 Å². The molecule has 4 aromatic rings. The van der Waals surface area contributed by atoms with Crippen molar-refractivity contribution in [1.29, 1.82) is 0 Å². The predicted molar refractivity (Wildman–Crippen MR) is 138 cm³/mol. The molecule has 0 saturated carbocycles. The Morgan fingerprint density at radius 1 is 0.857 bits per heavy atom. The van der Waals surface area contributed by atoms with Gasteiger partial charge in [-0.15, -0.1) is 0 Å². The van der Waals surface area contributed by atoms with E-state index in [0.717, 1.165) is 28.3 Å². The second kappa shape index (κ2) is 12.2. The highest BCUT2D eigenvalue weighted by atomic mass is 16.5. The minimum atomic E-state index is -0.179. The van der Waals surface area contributed by atoms with Crippen LogP contribution in [0.2, 0.25) is 0 Å². The lowest BCUT2D eigenvalue weighted by Gasteiger charge is -2.23. The number of urea groups is 1. The van der Waals surface area contributed by atoms with Crippen LogP contribution in [0.4, 0.5) is 10.5 Å². The van der Waals surface area contributed by atoms with Gasteiger partial charge in [0.1, 0.15) is 18.1 Å². The van der Waals surface area contributed by atoms with E-state index in [9.17, 15) is 4.79 Å². The monoisotopic (exact) mass is 467 g/mol. The maximum absolute atomic E-state index is 13.2. The smallest absolute Gasteiger partial charge is 0.322 e. The van der Waals surface area contributed by atoms with Gasteiger partial charge in [0, 0.05) is 37.1 Å². The first-order chi connectivity index (χ1) is 17.2. The normalized spacial score (nSPS) is 10.4. The van der Waals surface area contributed by atoms with Crippen molar-refractivity contribution in [1.82, 2.24) is 9.88 Å². The molecular formula is C29H29N3O3. The lowest BCUT2D eigenvalue weighted by molar-refractivity contribution is 0.209. The molecule has 6 nitrogen and oxygen atoms in total. The van der Waals surface area contributed by atoms with Crippen molar-refractivity contribution in [2.45, 2.75) is 19.6 Å². The zero-order chi connectivity index (χ0) is 24.3. The Morgan fingerprint density at radius 3 is 2.37 bits per heavy atom. The summed E-state index contributed by atoms with van der Waals surface area (Å²) in [6, 6.07) is 30.8. The molecule has 1 heterocycles. The Morgan fingerprint density at radius 2 is 1.63 bits per heavy atom. The maximum Gasteiger partial charge on any atom is 0.322 e. The fourth-order valence-corrected chi connectivity index (χ4v) is 3.62. The average molecular weight is 468 g/mol. The van der Waals surface area contributed by atoms with E-state index in [-0.39, 0.29) is 6.03 Å². The van der Waals surface area contributed by atoms with E-state index < -0.39 is 0 Å². The summed E-state index contributed by atoms with van der Waals surface area (Å²) in [6.45, 7) is 1.46. The molecule has 0 fully saturated rings. The molecule has 0 aliphatic carbocycles. The summed E-state index contributed by atoms with van der Waals surface area (Å²) in [5.41, 5.74) is 3.74. The van der Waals surface area contributed by atoms with Crippen molar-refractivity contribution in [3.63, 3.8) is 0 Å². The van der Waals surface area contributed by atoms with Gasteiger partial charge in [0.25, 0.3) is 0 Å². The number of nitrogens with zero attached hydrogens (tertiary/aromatic N) is 2. The summed E-state index contributed by atoms with van der Waals surface area (Å²) < 4.78 is 11.2. The number of carbonyl (C=O) groups is 1. The topological polar surface area (TPSA) is 63.7 Å². The molecule has 2 amide bonds. The van der Waals surface area contributed by atoms with Crippen LogP contribution < -0.4 is 14.8 Å². The van der Waals surface area contributed by atoms with Gasteiger partial charge in [0.15, 0.2) is 0 Å². The standard InChI is InChI=1S/C29H29N3O3/c1-34-27-15-13-26(14-16-27)31-29(33)32(19-17-25-11-5-6-18-30-25)21-24-10-7-12-28(20-24)35-22-23-8-3-2-4-9-23/h2-16,18,20H,17,19,21-22H2,1H3,(H,31,33). The van der Waals surface area contributed by atoms with Gasteiger partial charge < -0.3 is 19.7 Å². The summed E-state index contributed by atoms with van der Waals surface area (Å²) in [5.74, 6) is 1.51. The third kappa shape index (κ3) is 7.33. The summed E-state index contributed by atoms with van der Waals surface area (Å²) >= 11 is 0. The van der Waals surface area contributed by atoms with Crippen molar-refractivity contribution >= 4 is 11.7 Å². The summed E-state index contributed by atoms with van der Waals surface area (Å²) in [4.78, 5) is 19.4. The first-order valence-corrected chi connectivity index (χ1v) is 11.5. The number of ether oxygens (including phenoxy) is 2. The second-order valence-electron chi connectivity index (χ2n) is 8.07. The number of pyridine rings is 1. The van der Waals surface area contributed by atoms with Gasteiger partial charge in [0.05, 0.1) is 7.11 Å². The van der Waals surface area contributed by atoms with Crippen LogP contribution >= 0.6 is 0 Å². The highest BCUT2D eigenvalue weighted by Gasteiger charge is 2.15. The van der Waals surface area contributed by atoms with E-state index in [1.54, 1.807) is 18.2 Å². The number of anilines is 1. The molecule has 0 atom stereocenters. The first-order valence-electron chi connectivity index (χ1n) is 11.5. The first kappa shape index (κ1) is 23.8. The quantitative estimate of drug-likeness (QED) is 0.313. The second-order valence-corrected chi connectivity index (χ2v) is 8.07. The zero-order valence-electron chi connectivity index (χ0n) is 19.8. The van der Waals surface area contributed by atoms with Gasteiger partial charge in [-0.2, -0.15) is 0 Å². The van der Waals surface area contributed by atoms with Crippen molar-refractivity contribution in [2.24, 2.45) is 0 Å². The molecule has 0 radical (unpaired) electrons. The number of aromatic nitrogens is 1. The SMILES string of the molecule is COc1ccc(NC(=O)N(CCc2ccccn2)Cc2cccc(OCc3ccccc3)c2)cc1. The fraction of sp³-hybridized carbons (Fsp3) is 0.172. The van der Waals surface area contributed by atoms with Crippen LogP contribution in [-0.2, 0) is 19.6 Å². The number of nitrogens with one attached hydrogen (secondary N) is 1. The van der Waals surface area contributed by atoms with Crippen LogP contribution in [0, 0.1) is 0 Å². The van der Waals surface area contributed by atoms with Crippen LogP contribution in [0.5, 0.6) is 11.5 Å². The highest BCUT2D eigenvalue weighted by Crippen LogP contribution is 2.19. The molecule has 4 rings (SSSR count). The van der Waals surface area contributed by atoms with E-state index in [1.807, 2.05) is 97.1 Å². The van der Waals surface area contributed by atoms with Gasteiger partial charge in [0.2, 0.25) is 0 Å². The van der Waals surface area contributed by atoms with Gasteiger partial charge in [-0.05, 0) is 59.7 Å². The third-order valence-corrected chi connectivity index (χ3v) is 5.51. The van der Waals surface area contributed by atoms with E-state index in [2.05, 4.69) is 10.3 Å². The Kier molecular flexibility index (Phi) is 8.32. The van der Waals surface area contributed by atoms with Gasteiger partial charge >= 0.3 is 6.03 Å². The van der Waals surface area contributed by atoms with Crippen LogP contribution in [-0.4, -0.2) is 29.6 Å². The lowest BCUT2D eigenvalue weighted by atomic mass is 10.2. The largest absolute Gasteiger partial charge is 0.497 e. The minimum Gasteiger partial charge on any atom is -0.497 e. The van der Waals surface area contributed by atoms with Crippen LogP contribution in [0.3, 0.4) is 0 Å². The number of hydrogen-bond acceptors (Lipinski definition) is 4. The summed E-state index contributed by atoms with van der Waals surface area (Å²) in [6.07, 6.45) is 2.42. The zero-order valence-corrected chi connectivity index (χ0v) is 19.8. The van der Waals surface area contributed by atoms with Crippen molar-refractivity contribution in [3.05, 3.63) is 120 Å². The Labute approximate surface area is 206 Å². The molecule has 0 saturated heterocycles. The molecule has 1 N–H and O–H groups in total. The Hall–Kier alpha value is -4.32. The molecule has 6 heteroatoms. The molecule has 0 bridgehead atoms. The molecule has 0 aliphatic rings. The van der Waals surface area contributed by atoms with E-state index in [1.165, 1.54) is 0 Å². The molecule has 35 heavy (non-hydrogen) atoms. The molecule has 0 spiro atoms. The Bertz CT molecular complexity index is 1200. The number of carbonyl (C=O) groups excluding carboxylic acids is 1. The third-order valence-electron chi connectivity index (χ3n) is 5.51. The van der Waals surface area contributed by atoms with Crippen LogP contribution in [0.1, 0.15) is 16.8 Å². The van der Waals surface area contributed by atoms with E-state index in [4.69, 9.17) is 9.47 Å². The highest BCUT2D eigenvalue weighted by molar-refractivity contribution is 5.89. The minimum absolute atomic E-state index is 0.179. The lowest BCUT2D eigenvalue weighted by Crippen LogP contribution is -2.36. The summed E-state index contributed by atoms with van der Waals surface area (Å²) in [7, 11) is 1.62. The van der Waals surface area contributed by atoms with Gasteiger partial charge in [-0.1, -0.05) is 48.5 Å². The molecule has 0 unspecified atom stereocenters. The average Bonchev–Trinajstić information content (AvgIpc) is 2.91. The number of hydrogen-bond donors (Lipinski definition) is 1. The van der Waals surface area contributed by atoms with Crippen LogP contribution in [0.25, 0.3) is 0 Å². The van der Waals surface area contributed by atoms with E-state index >= 15 is 0 Å². The van der Waals surface area contributed by atoms with Crippen molar-refractivity contribution in [2.75, 3.05) is 19.0 Å². The molecule has 3 aromatic carbocycles. The fourth-order valence-electron chi connectivity index (χ4n) is 3.62. The molecule has 1 aromatic heterocycles. The number of amides is 2. The molecule has 0 aliphatic heterocycles. The molecule has 178 valence electrons. The van der Waals surface area contributed by atoms with Gasteiger partial charge in [-0.3, -0.25) is 4.98 Å². The number of benzene rings is 3. The van der Waals surface area contributed by atoms with E-state index in [0.29, 0.717) is 31.8 Å². The maximum atomic E-state index is 13.2. The summed E-state index contributed by atoms with van der Waals surface area (Å²) in [5, 5.41) is 2.99. The molecular weight excluding hydrogens is 438 g/mol.